The predicted molar refractivity (Wildman–Crippen MR) is 92.2 cm³/mol. The molecule has 1 unspecified atom stereocenters. The average molecular weight is 340 g/mol. The van der Waals surface area contributed by atoms with Crippen LogP contribution in [0, 0.1) is 13.8 Å². The summed E-state index contributed by atoms with van der Waals surface area (Å²) >= 11 is 0. The lowest BCUT2D eigenvalue weighted by atomic mass is 10.1. The quantitative estimate of drug-likeness (QED) is 0.784. The van der Waals surface area contributed by atoms with Crippen LogP contribution < -0.4 is 4.90 Å². The highest BCUT2D eigenvalue weighted by atomic mass is 16.5. The third-order valence-electron chi connectivity index (χ3n) is 4.32. The molecule has 0 bridgehead atoms. The van der Waals surface area contributed by atoms with Gasteiger partial charge in [0.05, 0.1) is 17.4 Å². The first kappa shape index (κ1) is 15.8. The molecule has 3 aromatic heterocycles. The average Bonchev–Trinajstić information content (AvgIpc) is 3.23. The number of piperidine rings is 1. The van der Waals surface area contributed by atoms with Crippen molar-refractivity contribution in [1.29, 1.82) is 0 Å². The molecule has 0 spiro atoms. The van der Waals surface area contributed by atoms with Crippen LogP contribution in [0.2, 0.25) is 0 Å². The van der Waals surface area contributed by atoms with Gasteiger partial charge in [-0.25, -0.2) is 9.97 Å². The SMILES string of the molecule is Cc1cc(-c2cnc(N3CCCC(O)C3)nc2-c2ccc(C)o2)on1. The van der Waals surface area contributed by atoms with E-state index in [-0.39, 0.29) is 6.10 Å². The number of rotatable bonds is 3. The normalized spacial score (nSPS) is 17.9. The number of aliphatic hydroxyl groups excluding tert-OH is 1. The summed E-state index contributed by atoms with van der Waals surface area (Å²) in [5.41, 5.74) is 2.19. The minimum atomic E-state index is -0.344. The smallest absolute Gasteiger partial charge is 0.226 e. The van der Waals surface area contributed by atoms with Gasteiger partial charge in [-0.05, 0) is 38.8 Å². The Kier molecular flexibility index (Phi) is 4.01. The van der Waals surface area contributed by atoms with Crippen LogP contribution >= 0.6 is 0 Å². The zero-order valence-electron chi connectivity index (χ0n) is 14.3. The Balaban J connectivity index is 1.79. The van der Waals surface area contributed by atoms with Crippen LogP contribution in [0.4, 0.5) is 5.95 Å². The summed E-state index contributed by atoms with van der Waals surface area (Å²) in [6.07, 6.45) is 3.12. The molecule has 25 heavy (non-hydrogen) atoms. The van der Waals surface area contributed by atoms with E-state index in [9.17, 15) is 5.11 Å². The van der Waals surface area contributed by atoms with Crippen LogP contribution in [0.3, 0.4) is 0 Å². The van der Waals surface area contributed by atoms with Gasteiger partial charge in [0.1, 0.15) is 11.5 Å². The molecule has 3 aromatic rings. The van der Waals surface area contributed by atoms with Crippen molar-refractivity contribution >= 4 is 5.95 Å². The van der Waals surface area contributed by atoms with Gasteiger partial charge < -0.3 is 18.9 Å². The highest BCUT2D eigenvalue weighted by molar-refractivity contribution is 5.76. The molecule has 1 atom stereocenters. The summed E-state index contributed by atoms with van der Waals surface area (Å²) in [5, 5.41) is 13.9. The molecule has 1 fully saturated rings. The molecule has 1 aliphatic heterocycles. The first-order chi connectivity index (χ1) is 12.1. The number of aryl methyl sites for hydroxylation is 2. The Morgan fingerprint density at radius 3 is 2.80 bits per heavy atom. The van der Waals surface area contributed by atoms with E-state index in [1.807, 2.05) is 36.9 Å². The molecule has 0 aliphatic carbocycles. The van der Waals surface area contributed by atoms with Gasteiger partial charge in [0, 0.05) is 25.4 Å². The maximum Gasteiger partial charge on any atom is 0.226 e. The summed E-state index contributed by atoms with van der Waals surface area (Å²) in [6.45, 7) is 5.13. The zero-order chi connectivity index (χ0) is 17.4. The Hall–Kier alpha value is -2.67. The van der Waals surface area contributed by atoms with Gasteiger partial charge in [0.15, 0.2) is 11.5 Å². The second kappa shape index (κ2) is 6.33. The van der Waals surface area contributed by atoms with Gasteiger partial charge in [-0.15, -0.1) is 0 Å². The van der Waals surface area contributed by atoms with E-state index in [0.717, 1.165) is 36.4 Å². The van der Waals surface area contributed by atoms with Crippen molar-refractivity contribution in [3.63, 3.8) is 0 Å². The Morgan fingerprint density at radius 1 is 1.24 bits per heavy atom. The van der Waals surface area contributed by atoms with Crippen LogP contribution in [-0.2, 0) is 0 Å². The van der Waals surface area contributed by atoms with Crippen LogP contribution in [0.5, 0.6) is 0 Å². The summed E-state index contributed by atoms with van der Waals surface area (Å²) < 4.78 is 11.2. The van der Waals surface area contributed by atoms with Crippen LogP contribution in [0.1, 0.15) is 24.3 Å². The number of β-amino-alcohol motifs (C(OH)–C–C–N with tert-alkyl or cyclic N) is 1. The fourth-order valence-electron chi connectivity index (χ4n) is 3.08. The van der Waals surface area contributed by atoms with Gasteiger partial charge in [-0.2, -0.15) is 0 Å². The van der Waals surface area contributed by atoms with E-state index in [1.165, 1.54) is 0 Å². The lowest BCUT2D eigenvalue weighted by molar-refractivity contribution is 0.153. The third-order valence-corrected chi connectivity index (χ3v) is 4.32. The molecule has 0 radical (unpaired) electrons. The van der Waals surface area contributed by atoms with Crippen molar-refractivity contribution in [2.24, 2.45) is 0 Å². The number of nitrogens with zero attached hydrogens (tertiary/aromatic N) is 4. The minimum absolute atomic E-state index is 0.344. The van der Waals surface area contributed by atoms with E-state index >= 15 is 0 Å². The zero-order valence-corrected chi connectivity index (χ0v) is 14.3. The molecule has 4 heterocycles. The lowest BCUT2D eigenvalue weighted by Crippen LogP contribution is -2.39. The van der Waals surface area contributed by atoms with Crippen molar-refractivity contribution in [2.75, 3.05) is 18.0 Å². The second-order valence-electron chi connectivity index (χ2n) is 6.42. The highest BCUT2D eigenvalue weighted by Crippen LogP contribution is 2.33. The Morgan fingerprint density at radius 2 is 2.12 bits per heavy atom. The van der Waals surface area contributed by atoms with Gasteiger partial charge in [0.25, 0.3) is 0 Å². The van der Waals surface area contributed by atoms with Gasteiger partial charge in [-0.1, -0.05) is 5.16 Å². The molecule has 1 N–H and O–H groups in total. The summed E-state index contributed by atoms with van der Waals surface area (Å²) in [4.78, 5) is 11.2. The van der Waals surface area contributed by atoms with Gasteiger partial charge in [0.2, 0.25) is 5.95 Å². The van der Waals surface area contributed by atoms with Crippen molar-refractivity contribution in [3.05, 3.63) is 35.9 Å². The molecule has 0 aromatic carbocycles. The summed E-state index contributed by atoms with van der Waals surface area (Å²) in [5.74, 6) is 2.65. The fraction of sp³-hybridized carbons (Fsp3) is 0.389. The maximum absolute atomic E-state index is 9.93. The molecular formula is C18H20N4O3. The number of hydrogen-bond donors (Lipinski definition) is 1. The number of hydrogen-bond acceptors (Lipinski definition) is 7. The van der Waals surface area contributed by atoms with E-state index in [4.69, 9.17) is 13.9 Å². The van der Waals surface area contributed by atoms with Crippen molar-refractivity contribution in [3.8, 4) is 22.8 Å². The first-order valence-electron chi connectivity index (χ1n) is 8.41. The Labute approximate surface area is 145 Å². The molecule has 7 heteroatoms. The Bertz CT molecular complexity index is 886. The second-order valence-corrected chi connectivity index (χ2v) is 6.42. The van der Waals surface area contributed by atoms with Crippen molar-refractivity contribution in [2.45, 2.75) is 32.8 Å². The van der Waals surface area contributed by atoms with E-state index in [1.54, 1.807) is 6.20 Å². The van der Waals surface area contributed by atoms with E-state index in [2.05, 4.69) is 10.1 Å². The molecule has 130 valence electrons. The third kappa shape index (κ3) is 3.15. The molecule has 1 saturated heterocycles. The molecule has 0 amide bonds. The van der Waals surface area contributed by atoms with Crippen molar-refractivity contribution in [1.82, 2.24) is 15.1 Å². The van der Waals surface area contributed by atoms with Crippen LogP contribution in [0.15, 0.2) is 33.3 Å². The molecule has 7 nitrogen and oxygen atoms in total. The maximum atomic E-state index is 9.93. The standard InChI is InChI=1S/C18H20N4O3/c1-11-8-16(25-21-11)14-9-19-18(22-7-3-4-13(23)10-22)20-17(14)15-6-5-12(2)24-15/h5-6,8-9,13,23H,3-4,7,10H2,1-2H3. The van der Waals surface area contributed by atoms with Gasteiger partial charge >= 0.3 is 0 Å². The largest absolute Gasteiger partial charge is 0.460 e. The molecular weight excluding hydrogens is 320 g/mol. The minimum Gasteiger partial charge on any atom is -0.460 e. The van der Waals surface area contributed by atoms with Crippen LogP contribution in [-0.4, -0.2) is 39.4 Å². The van der Waals surface area contributed by atoms with E-state index < -0.39 is 0 Å². The number of aliphatic hydroxyl groups is 1. The van der Waals surface area contributed by atoms with Gasteiger partial charge in [-0.3, -0.25) is 0 Å². The van der Waals surface area contributed by atoms with E-state index in [0.29, 0.717) is 29.7 Å². The molecule has 1 aliphatic rings. The van der Waals surface area contributed by atoms with Crippen LogP contribution in [0.25, 0.3) is 22.8 Å². The number of furan rings is 1. The summed E-state index contributed by atoms with van der Waals surface area (Å²) in [6, 6.07) is 5.64. The predicted octanol–water partition coefficient (Wildman–Crippen LogP) is 2.97. The monoisotopic (exact) mass is 340 g/mol. The van der Waals surface area contributed by atoms with Crippen molar-refractivity contribution < 1.29 is 14.0 Å². The molecule has 4 rings (SSSR count). The highest BCUT2D eigenvalue weighted by Gasteiger charge is 2.23. The molecule has 0 saturated carbocycles. The lowest BCUT2D eigenvalue weighted by Gasteiger charge is -2.30. The fourth-order valence-corrected chi connectivity index (χ4v) is 3.08. The number of anilines is 1. The number of aromatic nitrogens is 3. The first-order valence-corrected chi connectivity index (χ1v) is 8.41. The summed E-state index contributed by atoms with van der Waals surface area (Å²) in [7, 11) is 0. The topological polar surface area (TPSA) is 88.4 Å².